The van der Waals surface area contributed by atoms with Crippen LogP contribution in [0.3, 0.4) is 0 Å². The number of aromatic nitrogens is 2. The molecule has 3 N–H and O–H groups in total. The maximum atomic E-state index is 6.27. The monoisotopic (exact) mass is 373 g/mol. The zero-order valence-electron chi connectivity index (χ0n) is 17.3. The smallest absolute Gasteiger partial charge is 0.106 e. The first-order valence-electron chi connectivity index (χ1n) is 10.0. The largest absolute Gasteiger partial charge is 0.398 e. The molecule has 28 heavy (non-hydrogen) atoms. The van der Waals surface area contributed by atoms with Crippen LogP contribution in [0.5, 0.6) is 0 Å². The molecule has 3 nitrogen and oxygen atoms in total. The van der Waals surface area contributed by atoms with Crippen LogP contribution in [0.25, 0.3) is 17.2 Å². The molecule has 0 radical (unpaired) electrons. The number of nitrogens with zero attached hydrogens (tertiary/aromatic N) is 1. The normalized spacial score (nSPS) is 11.5. The third kappa shape index (κ3) is 4.72. The van der Waals surface area contributed by atoms with Gasteiger partial charge in [-0.3, -0.25) is 0 Å². The zero-order valence-corrected chi connectivity index (χ0v) is 17.3. The number of aryl methyl sites for hydroxylation is 2. The average molecular weight is 374 g/mol. The minimum absolute atomic E-state index is 0.310. The number of nitrogens with two attached hydrogens (primary N) is 1. The third-order valence-corrected chi connectivity index (χ3v) is 5.58. The summed E-state index contributed by atoms with van der Waals surface area (Å²) < 4.78 is 0. The van der Waals surface area contributed by atoms with Crippen LogP contribution in [0.2, 0.25) is 0 Å². The van der Waals surface area contributed by atoms with Gasteiger partial charge in [0.1, 0.15) is 5.82 Å². The Kier molecular flexibility index (Phi) is 6.03. The van der Waals surface area contributed by atoms with Crippen molar-refractivity contribution in [1.82, 2.24) is 9.97 Å². The van der Waals surface area contributed by atoms with Crippen molar-refractivity contribution in [2.45, 2.75) is 46.5 Å². The Hall–Kier alpha value is -2.81. The van der Waals surface area contributed by atoms with Crippen molar-refractivity contribution < 1.29 is 0 Å². The number of anilines is 1. The molecule has 0 atom stereocenters. The Morgan fingerprint density at radius 1 is 1.11 bits per heavy atom. The number of hydrogen-bond donors (Lipinski definition) is 2. The molecular weight excluding hydrogens is 342 g/mol. The summed E-state index contributed by atoms with van der Waals surface area (Å²) in [7, 11) is 0. The van der Waals surface area contributed by atoms with E-state index in [2.05, 4.69) is 67.6 Å². The van der Waals surface area contributed by atoms with Crippen LogP contribution in [0.15, 0.2) is 55.2 Å². The standard InChI is InChI=1S/C25H31N3/c1-5-19-8-7-9-22(24(19)26)20-13-10-18(11-14-20)12-15-23-27-17-21(28-23)16-25(3,4)6-2/h5,7-11,13-14,17H,1,6,12,15-16,26H2,2-4H3,(H,27,28). The fraction of sp³-hybridized carbons (Fsp3) is 0.320. The number of H-pyrrole nitrogens is 1. The van der Waals surface area contributed by atoms with E-state index in [0.29, 0.717) is 5.41 Å². The lowest BCUT2D eigenvalue weighted by molar-refractivity contribution is 0.346. The minimum Gasteiger partial charge on any atom is -0.398 e. The van der Waals surface area contributed by atoms with E-state index < -0.39 is 0 Å². The maximum Gasteiger partial charge on any atom is 0.106 e. The van der Waals surface area contributed by atoms with E-state index in [0.717, 1.165) is 53.9 Å². The van der Waals surface area contributed by atoms with Crippen molar-refractivity contribution >= 4 is 11.8 Å². The molecule has 3 heteroatoms. The van der Waals surface area contributed by atoms with E-state index in [1.54, 1.807) is 6.08 Å². The summed E-state index contributed by atoms with van der Waals surface area (Å²) in [6.45, 7) is 10.7. The average Bonchev–Trinajstić information content (AvgIpc) is 3.13. The predicted octanol–water partition coefficient (Wildman–Crippen LogP) is 6.07. The van der Waals surface area contributed by atoms with Gasteiger partial charge in [-0.15, -0.1) is 0 Å². The van der Waals surface area contributed by atoms with Gasteiger partial charge in [0.25, 0.3) is 0 Å². The number of para-hydroxylation sites is 1. The van der Waals surface area contributed by atoms with E-state index in [1.165, 1.54) is 11.3 Å². The van der Waals surface area contributed by atoms with Gasteiger partial charge in [-0.25, -0.2) is 4.98 Å². The second-order valence-electron chi connectivity index (χ2n) is 8.26. The van der Waals surface area contributed by atoms with Crippen LogP contribution < -0.4 is 5.73 Å². The third-order valence-electron chi connectivity index (χ3n) is 5.58. The van der Waals surface area contributed by atoms with E-state index in [1.807, 2.05) is 18.3 Å². The molecule has 0 saturated heterocycles. The lowest BCUT2D eigenvalue weighted by Crippen LogP contribution is -2.13. The second-order valence-corrected chi connectivity index (χ2v) is 8.26. The van der Waals surface area contributed by atoms with Crippen LogP contribution >= 0.6 is 0 Å². The summed E-state index contributed by atoms with van der Waals surface area (Å²) in [6.07, 6.45) is 7.87. The van der Waals surface area contributed by atoms with Gasteiger partial charge in [0, 0.05) is 29.6 Å². The molecule has 0 aliphatic heterocycles. The van der Waals surface area contributed by atoms with Gasteiger partial charge in [-0.1, -0.05) is 82.3 Å². The van der Waals surface area contributed by atoms with Crippen molar-refractivity contribution in [3.63, 3.8) is 0 Å². The Bertz CT molecular complexity index is 933. The van der Waals surface area contributed by atoms with E-state index in [9.17, 15) is 0 Å². The highest BCUT2D eigenvalue weighted by Crippen LogP contribution is 2.29. The topological polar surface area (TPSA) is 54.7 Å². The van der Waals surface area contributed by atoms with Crippen molar-refractivity contribution in [3.05, 3.63) is 77.9 Å². The van der Waals surface area contributed by atoms with Gasteiger partial charge in [0.05, 0.1) is 0 Å². The number of aromatic amines is 1. The van der Waals surface area contributed by atoms with Crippen molar-refractivity contribution in [1.29, 1.82) is 0 Å². The summed E-state index contributed by atoms with van der Waals surface area (Å²) in [5.74, 6) is 1.06. The Morgan fingerprint density at radius 3 is 2.54 bits per heavy atom. The van der Waals surface area contributed by atoms with Crippen molar-refractivity contribution in [3.8, 4) is 11.1 Å². The van der Waals surface area contributed by atoms with Gasteiger partial charge in [0.2, 0.25) is 0 Å². The number of benzene rings is 2. The molecule has 0 spiro atoms. The van der Waals surface area contributed by atoms with Crippen LogP contribution in [0.1, 0.15) is 49.8 Å². The highest BCUT2D eigenvalue weighted by atomic mass is 14.9. The van der Waals surface area contributed by atoms with E-state index in [4.69, 9.17) is 5.73 Å². The first kappa shape index (κ1) is 19.9. The lowest BCUT2D eigenvalue weighted by atomic mass is 9.85. The minimum atomic E-state index is 0.310. The van der Waals surface area contributed by atoms with Gasteiger partial charge in [-0.2, -0.15) is 0 Å². The summed E-state index contributed by atoms with van der Waals surface area (Å²) in [5.41, 5.74) is 13.1. The van der Waals surface area contributed by atoms with Crippen LogP contribution in [-0.4, -0.2) is 9.97 Å². The Balaban J connectivity index is 1.64. The fourth-order valence-corrected chi connectivity index (χ4v) is 3.39. The highest BCUT2D eigenvalue weighted by molar-refractivity contribution is 5.82. The molecule has 3 aromatic rings. The van der Waals surface area contributed by atoms with E-state index >= 15 is 0 Å². The predicted molar refractivity (Wildman–Crippen MR) is 120 cm³/mol. The summed E-state index contributed by atoms with van der Waals surface area (Å²) in [6, 6.07) is 14.7. The lowest BCUT2D eigenvalue weighted by Gasteiger charge is -2.21. The molecule has 0 aliphatic carbocycles. The first-order chi connectivity index (χ1) is 13.4. The van der Waals surface area contributed by atoms with Gasteiger partial charge in [-0.05, 0) is 34.9 Å². The fourth-order valence-electron chi connectivity index (χ4n) is 3.39. The molecule has 0 aliphatic rings. The van der Waals surface area contributed by atoms with Crippen LogP contribution in [0, 0.1) is 5.41 Å². The second kappa shape index (κ2) is 8.47. The zero-order chi connectivity index (χ0) is 20.1. The summed E-state index contributed by atoms with van der Waals surface area (Å²) >= 11 is 0. The van der Waals surface area contributed by atoms with Gasteiger partial charge >= 0.3 is 0 Å². The molecule has 0 saturated carbocycles. The summed E-state index contributed by atoms with van der Waals surface area (Å²) in [5, 5.41) is 0. The molecule has 2 aromatic carbocycles. The van der Waals surface area contributed by atoms with Crippen molar-refractivity contribution in [2.24, 2.45) is 5.41 Å². The number of nitrogens with one attached hydrogen (secondary N) is 1. The molecule has 1 heterocycles. The van der Waals surface area contributed by atoms with E-state index in [-0.39, 0.29) is 0 Å². The van der Waals surface area contributed by atoms with Gasteiger partial charge < -0.3 is 10.7 Å². The molecule has 0 amide bonds. The van der Waals surface area contributed by atoms with Crippen LogP contribution in [0.4, 0.5) is 5.69 Å². The van der Waals surface area contributed by atoms with Gasteiger partial charge in [0.15, 0.2) is 0 Å². The molecule has 146 valence electrons. The van der Waals surface area contributed by atoms with Crippen molar-refractivity contribution in [2.75, 3.05) is 5.73 Å². The SMILES string of the molecule is C=Cc1cccc(-c2ccc(CCc3ncc(CC(C)(C)CC)[nH]3)cc2)c1N. The Labute approximate surface area is 168 Å². The number of rotatable bonds is 8. The molecule has 3 rings (SSSR count). The number of hydrogen-bond acceptors (Lipinski definition) is 2. The number of nitrogen functional groups attached to an aromatic ring is 1. The summed E-state index contributed by atoms with van der Waals surface area (Å²) in [4.78, 5) is 8.06. The molecule has 0 unspecified atom stereocenters. The molecule has 0 bridgehead atoms. The Morgan fingerprint density at radius 2 is 1.86 bits per heavy atom. The quantitative estimate of drug-likeness (QED) is 0.471. The first-order valence-corrected chi connectivity index (χ1v) is 10.0. The molecular formula is C25H31N3. The number of imidazole rings is 1. The molecule has 0 fully saturated rings. The maximum absolute atomic E-state index is 6.27. The van der Waals surface area contributed by atoms with Crippen LogP contribution in [-0.2, 0) is 19.3 Å². The highest BCUT2D eigenvalue weighted by Gasteiger charge is 2.17. The molecule has 1 aromatic heterocycles.